The summed E-state index contributed by atoms with van der Waals surface area (Å²) < 4.78 is 0. The van der Waals surface area contributed by atoms with Gasteiger partial charge in [-0.2, -0.15) is 0 Å². The van der Waals surface area contributed by atoms with Crippen LogP contribution in [0.5, 0.6) is 5.75 Å². The number of aliphatic hydroxyl groups excluding tert-OH is 1. The van der Waals surface area contributed by atoms with Crippen LogP contribution in [0, 0.1) is 17.3 Å². The van der Waals surface area contributed by atoms with Crippen molar-refractivity contribution in [2.45, 2.75) is 52.6 Å². The Labute approximate surface area is 116 Å². The van der Waals surface area contributed by atoms with Crippen LogP contribution in [0.3, 0.4) is 0 Å². The fourth-order valence-corrected chi connectivity index (χ4v) is 3.53. The Morgan fingerprint density at radius 1 is 1.16 bits per heavy atom. The average molecular weight is 262 g/mol. The number of aromatic hydroxyl groups is 1. The Morgan fingerprint density at radius 2 is 1.79 bits per heavy atom. The molecule has 1 saturated carbocycles. The molecule has 0 amide bonds. The SMILES string of the molecule is CC1CCC(C(C)(C)Cc2ccc(O)cc2)C(O)C1. The summed E-state index contributed by atoms with van der Waals surface area (Å²) in [5, 5.41) is 19.7. The van der Waals surface area contributed by atoms with Gasteiger partial charge in [0.2, 0.25) is 0 Å². The third-order valence-corrected chi connectivity index (χ3v) is 4.68. The van der Waals surface area contributed by atoms with Crippen molar-refractivity contribution in [1.82, 2.24) is 0 Å². The van der Waals surface area contributed by atoms with Gasteiger partial charge in [-0.05, 0) is 54.2 Å². The van der Waals surface area contributed by atoms with Crippen LogP contribution in [-0.4, -0.2) is 16.3 Å². The molecule has 0 aromatic heterocycles. The van der Waals surface area contributed by atoms with Crippen LogP contribution >= 0.6 is 0 Å². The number of rotatable bonds is 3. The molecule has 0 aliphatic heterocycles. The summed E-state index contributed by atoms with van der Waals surface area (Å²) in [7, 11) is 0. The lowest BCUT2D eigenvalue weighted by atomic mass is 9.65. The number of hydrogen-bond donors (Lipinski definition) is 2. The first-order valence-electron chi connectivity index (χ1n) is 7.34. The Morgan fingerprint density at radius 3 is 2.37 bits per heavy atom. The first kappa shape index (κ1) is 14.4. The minimum Gasteiger partial charge on any atom is -0.508 e. The molecular formula is C17H26O2. The predicted octanol–water partition coefficient (Wildman–Crippen LogP) is 3.76. The van der Waals surface area contributed by atoms with Crippen molar-refractivity contribution < 1.29 is 10.2 Å². The summed E-state index contributed by atoms with van der Waals surface area (Å²) in [4.78, 5) is 0. The second kappa shape index (κ2) is 5.54. The lowest BCUT2D eigenvalue weighted by Crippen LogP contribution is -2.39. The van der Waals surface area contributed by atoms with Crippen molar-refractivity contribution in [3.8, 4) is 5.75 Å². The second-order valence-electron chi connectivity index (χ2n) is 6.92. The first-order valence-corrected chi connectivity index (χ1v) is 7.34. The van der Waals surface area contributed by atoms with E-state index in [9.17, 15) is 10.2 Å². The van der Waals surface area contributed by atoms with Crippen LogP contribution in [0.2, 0.25) is 0 Å². The van der Waals surface area contributed by atoms with E-state index in [1.54, 1.807) is 12.1 Å². The molecule has 2 N–H and O–H groups in total. The van der Waals surface area contributed by atoms with E-state index >= 15 is 0 Å². The molecule has 19 heavy (non-hydrogen) atoms. The molecule has 0 saturated heterocycles. The average Bonchev–Trinajstić information content (AvgIpc) is 2.31. The number of phenolic OH excluding ortho intramolecular Hbond substituents is 1. The van der Waals surface area contributed by atoms with Crippen LogP contribution in [0.25, 0.3) is 0 Å². The number of phenols is 1. The van der Waals surface area contributed by atoms with E-state index in [0.29, 0.717) is 17.6 Å². The molecule has 106 valence electrons. The topological polar surface area (TPSA) is 40.5 Å². The predicted molar refractivity (Wildman–Crippen MR) is 78.1 cm³/mol. The lowest BCUT2D eigenvalue weighted by molar-refractivity contribution is -0.0125. The highest BCUT2D eigenvalue weighted by atomic mass is 16.3. The molecule has 2 nitrogen and oxygen atoms in total. The molecule has 0 bridgehead atoms. The molecule has 0 radical (unpaired) electrons. The summed E-state index contributed by atoms with van der Waals surface area (Å²) in [6, 6.07) is 7.44. The number of hydrogen-bond acceptors (Lipinski definition) is 2. The van der Waals surface area contributed by atoms with Gasteiger partial charge in [0.25, 0.3) is 0 Å². The molecular weight excluding hydrogens is 236 g/mol. The smallest absolute Gasteiger partial charge is 0.115 e. The zero-order chi connectivity index (χ0) is 14.0. The van der Waals surface area contributed by atoms with Crippen LogP contribution in [0.4, 0.5) is 0 Å². The molecule has 1 aromatic rings. The Bertz CT molecular complexity index is 408. The van der Waals surface area contributed by atoms with Gasteiger partial charge in [-0.1, -0.05) is 39.3 Å². The van der Waals surface area contributed by atoms with E-state index < -0.39 is 0 Å². The van der Waals surface area contributed by atoms with Crippen molar-refractivity contribution in [1.29, 1.82) is 0 Å². The van der Waals surface area contributed by atoms with Gasteiger partial charge in [-0.25, -0.2) is 0 Å². The summed E-state index contributed by atoms with van der Waals surface area (Å²) >= 11 is 0. The summed E-state index contributed by atoms with van der Waals surface area (Å²) in [6.45, 7) is 6.74. The Balaban J connectivity index is 2.07. The molecule has 3 atom stereocenters. The van der Waals surface area contributed by atoms with E-state index in [2.05, 4.69) is 20.8 Å². The van der Waals surface area contributed by atoms with E-state index in [-0.39, 0.29) is 11.5 Å². The number of benzene rings is 1. The van der Waals surface area contributed by atoms with E-state index in [1.807, 2.05) is 12.1 Å². The molecule has 1 aliphatic carbocycles. The van der Waals surface area contributed by atoms with Gasteiger partial charge in [-0.3, -0.25) is 0 Å². The normalized spacial score (nSPS) is 28.3. The molecule has 3 unspecified atom stereocenters. The highest BCUT2D eigenvalue weighted by Gasteiger charge is 2.38. The van der Waals surface area contributed by atoms with Crippen molar-refractivity contribution in [3.63, 3.8) is 0 Å². The Hall–Kier alpha value is -1.02. The highest BCUT2D eigenvalue weighted by molar-refractivity contribution is 5.26. The van der Waals surface area contributed by atoms with Gasteiger partial charge in [0.05, 0.1) is 6.10 Å². The van der Waals surface area contributed by atoms with Crippen molar-refractivity contribution in [3.05, 3.63) is 29.8 Å². The highest BCUT2D eigenvalue weighted by Crippen LogP contribution is 2.42. The molecule has 1 aliphatic rings. The van der Waals surface area contributed by atoms with Gasteiger partial charge >= 0.3 is 0 Å². The van der Waals surface area contributed by atoms with Gasteiger partial charge in [0.1, 0.15) is 5.75 Å². The maximum absolute atomic E-state index is 10.4. The van der Waals surface area contributed by atoms with Crippen LogP contribution in [0.15, 0.2) is 24.3 Å². The molecule has 1 aromatic carbocycles. The fraction of sp³-hybridized carbons (Fsp3) is 0.647. The summed E-state index contributed by atoms with van der Waals surface area (Å²) in [5.41, 5.74) is 1.32. The standard InChI is InChI=1S/C17H26O2/c1-12-4-9-15(16(19)10-12)17(2,3)11-13-5-7-14(18)8-6-13/h5-8,12,15-16,18-19H,4,9-11H2,1-3H3. The van der Waals surface area contributed by atoms with Crippen LogP contribution < -0.4 is 0 Å². The van der Waals surface area contributed by atoms with Crippen molar-refractivity contribution in [2.24, 2.45) is 17.3 Å². The molecule has 2 heteroatoms. The van der Waals surface area contributed by atoms with Gasteiger partial charge in [0.15, 0.2) is 0 Å². The van der Waals surface area contributed by atoms with Crippen LogP contribution in [0.1, 0.15) is 45.6 Å². The zero-order valence-corrected chi connectivity index (χ0v) is 12.3. The monoisotopic (exact) mass is 262 g/mol. The maximum Gasteiger partial charge on any atom is 0.115 e. The largest absolute Gasteiger partial charge is 0.508 e. The third-order valence-electron chi connectivity index (χ3n) is 4.68. The van der Waals surface area contributed by atoms with E-state index in [1.165, 1.54) is 12.0 Å². The maximum atomic E-state index is 10.4. The molecule has 2 rings (SSSR count). The molecule has 0 spiro atoms. The zero-order valence-electron chi connectivity index (χ0n) is 12.3. The van der Waals surface area contributed by atoms with Gasteiger partial charge < -0.3 is 10.2 Å². The first-order chi connectivity index (χ1) is 8.88. The second-order valence-corrected chi connectivity index (χ2v) is 6.92. The fourth-order valence-electron chi connectivity index (χ4n) is 3.53. The third kappa shape index (κ3) is 3.50. The summed E-state index contributed by atoms with van der Waals surface area (Å²) in [5.74, 6) is 1.33. The van der Waals surface area contributed by atoms with Crippen LogP contribution in [-0.2, 0) is 6.42 Å². The Kier molecular flexibility index (Phi) is 4.19. The summed E-state index contributed by atoms with van der Waals surface area (Å²) in [6.07, 6.45) is 4.05. The van der Waals surface area contributed by atoms with E-state index in [4.69, 9.17) is 0 Å². The molecule has 1 fully saturated rings. The van der Waals surface area contributed by atoms with Gasteiger partial charge in [0, 0.05) is 0 Å². The minimum absolute atomic E-state index is 0.0938. The quantitative estimate of drug-likeness (QED) is 0.870. The van der Waals surface area contributed by atoms with E-state index in [0.717, 1.165) is 19.3 Å². The van der Waals surface area contributed by atoms with Gasteiger partial charge in [-0.15, -0.1) is 0 Å². The molecule has 0 heterocycles. The van der Waals surface area contributed by atoms with Crippen molar-refractivity contribution in [2.75, 3.05) is 0 Å². The van der Waals surface area contributed by atoms with Crippen molar-refractivity contribution >= 4 is 0 Å². The number of aliphatic hydroxyl groups is 1. The lowest BCUT2D eigenvalue weighted by Gasteiger charge is -2.42. The minimum atomic E-state index is -0.170.